The Morgan fingerprint density at radius 1 is 1.03 bits per heavy atom. The molecule has 0 bridgehead atoms. The van der Waals surface area contributed by atoms with Crippen molar-refractivity contribution in [2.24, 2.45) is 0 Å². The Labute approximate surface area is 174 Å². The van der Waals surface area contributed by atoms with E-state index < -0.39 is 0 Å². The van der Waals surface area contributed by atoms with E-state index in [-0.39, 0.29) is 5.82 Å². The lowest BCUT2D eigenvalue weighted by Crippen LogP contribution is -2.48. The molecular formula is C22H26FN5O2. The number of ether oxygens (including phenoxy) is 1. The number of halogens is 1. The molecule has 1 N–H and O–H groups in total. The van der Waals surface area contributed by atoms with Gasteiger partial charge in [-0.25, -0.2) is 9.37 Å². The van der Waals surface area contributed by atoms with Crippen molar-refractivity contribution in [3.63, 3.8) is 0 Å². The molecule has 0 amide bonds. The summed E-state index contributed by atoms with van der Waals surface area (Å²) in [6.45, 7) is 5.22. The van der Waals surface area contributed by atoms with Gasteiger partial charge in [-0.05, 0) is 43.9 Å². The zero-order chi connectivity index (χ0) is 20.5. The van der Waals surface area contributed by atoms with Crippen molar-refractivity contribution < 1.29 is 13.7 Å². The van der Waals surface area contributed by atoms with Gasteiger partial charge in [0.1, 0.15) is 11.6 Å². The van der Waals surface area contributed by atoms with Crippen LogP contribution in [-0.2, 0) is 4.74 Å². The van der Waals surface area contributed by atoms with E-state index >= 15 is 0 Å². The molecule has 0 unspecified atom stereocenters. The highest BCUT2D eigenvalue weighted by atomic mass is 19.1. The van der Waals surface area contributed by atoms with Crippen molar-refractivity contribution >= 4 is 16.7 Å². The van der Waals surface area contributed by atoms with Gasteiger partial charge in [0.15, 0.2) is 0 Å². The fourth-order valence-electron chi connectivity index (χ4n) is 4.40. The monoisotopic (exact) mass is 411 g/mol. The molecule has 3 aromatic rings. The van der Waals surface area contributed by atoms with Crippen molar-refractivity contribution in [3.8, 4) is 11.4 Å². The van der Waals surface area contributed by atoms with E-state index in [0.717, 1.165) is 68.8 Å². The smallest absolute Gasteiger partial charge is 0.223 e. The fraction of sp³-hybridized carbons (Fsp3) is 0.500. The molecule has 30 heavy (non-hydrogen) atoms. The molecule has 0 spiro atoms. The lowest BCUT2D eigenvalue weighted by Gasteiger charge is -2.36. The van der Waals surface area contributed by atoms with Crippen LogP contribution in [0.3, 0.4) is 0 Å². The first-order valence-corrected chi connectivity index (χ1v) is 10.7. The number of rotatable bonds is 4. The summed E-state index contributed by atoms with van der Waals surface area (Å²) >= 11 is 0. The topological polar surface area (TPSA) is 76.3 Å². The Bertz CT molecular complexity index is 1030. The van der Waals surface area contributed by atoms with Crippen molar-refractivity contribution in [1.82, 2.24) is 20.4 Å². The number of hydrogen-bond acceptors (Lipinski definition) is 7. The molecule has 0 radical (unpaired) electrons. The molecule has 2 saturated heterocycles. The third-order valence-electron chi connectivity index (χ3n) is 6.02. The highest BCUT2D eigenvalue weighted by Crippen LogP contribution is 2.33. The maximum Gasteiger partial charge on any atom is 0.223 e. The normalized spacial score (nSPS) is 18.9. The minimum Gasteiger partial charge on any atom is -0.381 e. The van der Waals surface area contributed by atoms with Gasteiger partial charge < -0.3 is 19.5 Å². The molecule has 158 valence electrons. The predicted octanol–water partition coefficient (Wildman–Crippen LogP) is 3.47. The maximum atomic E-state index is 13.8. The number of benzene rings is 1. The Morgan fingerprint density at radius 2 is 1.80 bits per heavy atom. The lowest BCUT2D eigenvalue weighted by atomic mass is 10.0. The van der Waals surface area contributed by atoms with E-state index in [9.17, 15) is 4.39 Å². The molecule has 4 heterocycles. The van der Waals surface area contributed by atoms with Crippen LogP contribution in [0.2, 0.25) is 0 Å². The van der Waals surface area contributed by atoms with Gasteiger partial charge in [-0.3, -0.25) is 0 Å². The molecule has 1 aromatic carbocycles. The molecule has 2 fully saturated rings. The van der Waals surface area contributed by atoms with Crippen molar-refractivity contribution in [2.45, 2.75) is 44.7 Å². The second kappa shape index (κ2) is 8.28. The third kappa shape index (κ3) is 4.02. The zero-order valence-corrected chi connectivity index (χ0v) is 17.1. The Morgan fingerprint density at radius 3 is 2.53 bits per heavy atom. The Kier molecular flexibility index (Phi) is 5.35. The van der Waals surface area contributed by atoms with E-state index in [1.165, 1.54) is 12.1 Å². The number of aryl methyl sites for hydroxylation is 1. The van der Waals surface area contributed by atoms with Gasteiger partial charge in [0, 0.05) is 56.8 Å². The summed E-state index contributed by atoms with van der Waals surface area (Å²) < 4.78 is 24.5. The molecule has 0 atom stereocenters. The van der Waals surface area contributed by atoms with E-state index in [2.05, 4.69) is 20.4 Å². The minimum absolute atomic E-state index is 0.288. The maximum absolute atomic E-state index is 13.8. The first kappa shape index (κ1) is 19.4. The van der Waals surface area contributed by atoms with Gasteiger partial charge in [-0.2, -0.15) is 4.98 Å². The molecule has 2 aliphatic heterocycles. The largest absolute Gasteiger partial charge is 0.381 e. The lowest BCUT2D eigenvalue weighted by molar-refractivity contribution is 0.0738. The molecule has 2 aromatic heterocycles. The van der Waals surface area contributed by atoms with Gasteiger partial charge in [0.05, 0.1) is 11.1 Å². The van der Waals surface area contributed by atoms with Crippen molar-refractivity contribution in [1.29, 1.82) is 0 Å². The number of hydrogen-bond donors (Lipinski definition) is 1. The van der Waals surface area contributed by atoms with Gasteiger partial charge in [0.2, 0.25) is 11.7 Å². The highest BCUT2D eigenvalue weighted by Gasteiger charge is 2.26. The second-order valence-electron chi connectivity index (χ2n) is 8.15. The van der Waals surface area contributed by atoms with Crippen LogP contribution in [-0.4, -0.2) is 53.5 Å². The summed E-state index contributed by atoms with van der Waals surface area (Å²) in [5, 5.41) is 8.76. The number of nitrogens with zero attached hydrogens (tertiary/aromatic N) is 4. The van der Waals surface area contributed by atoms with E-state index in [1.54, 1.807) is 13.0 Å². The molecular weight excluding hydrogens is 385 g/mol. The number of aromatic nitrogens is 3. The average Bonchev–Trinajstić information content (AvgIpc) is 3.20. The SMILES string of the molecule is Cc1nc(-c2cc3ccc(F)cc3nc2N2CCC(NC3CCOCC3)CC2)no1. The first-order chi connectivity index (χ1) is 14.7. The summed E-state index contributed by atoms with van der Waals surface area (Å²) in [5.41, 5.74) is 1.46. The van der Waals surface area contributed by atoms with E-state index in [4.69, 9.17) is 14.2 Å². The molecule has 2 aliphatic rings. The van der Waals surface area contributed by atoms with Crippen molar-refractivity contribution in [2.75, 3.05) is 31.2 Å². The standard InChI is InChI=1S/C22H26FN5O2/c1-14-24-21(27-30-14)19-12-15-2-3-16(23)13-20(15)26-22(19)28-8-4-17(5-9-28)25-18-6-10-29-11-7-18/h2-3,12-13,17-18,25H,4-11H2,1H3. The van der Waals surface area contributed by atoms with Crippen LogP contribution >= 0.6 is 0 Å². The van der Waals surface area contributed by atoms with Gasteiger partial charge in [-0.1, -0.05) is 5.16 Å². The highest BCUT2D eigenvalue weighted by molar-refractivity contribution is 5.88. The molecule has 0 aliphatic carbocycles. The summed E-state index contributed by atoms with van der Waals surface area (Å²) in [6, 6.07) is 7.69. The number of pyridine rings is 1. The van der Waals surface area contributed by atoms with E-state index in [1.807, 2.05) is 6.07 Å². The van der Waals surface area contributed by atoms with Gasteiger partial charge >= 0.3 is 0 Å². The number of piperidine rings is 1. The van der Waals surface area contributed by atoms with Crippen LogP contribution in [0.5, 0.6) is 0 Å². The van der Waals surface area contributed by atoms with Crippen LogP contribution in [0.4, 0.5) is 10.2 Å². The number of anilines is 1. The summed E-state index contributed by atoms with van der Waals surface area (Å²) in [6.07, 6.45) is 4.23. The zero-order valence-electron chi connectivity index (χ0n) is 17.1. The van der Waals surface area contributed by atoms with E-state index in [0.29, 0.717) is 29.3 Å². The second-order valence-corrected chi connectivity index (χ2v) is 8.15. The van der Waals surface area contributed by atoms with Crippen LogP contribution < -0.4 is 10.2 Å². The first-order valence-electron chi connectivity index (χ1n) is 10.7. The number of fused-ring (bicyclic) bond motifs is 1. The minimum atomic E-state index is -0.288. The molecule has 7 nitrogen and oxygen atoms in total. The quantitative estimate of drug-likeness (QED) is 0.704. The van der Waals surface area contributed by atoms with Crippen molar-refractivity contribution in [3.05, 3.63) is 36.0 Å². The van der Waals surface area contributed by atoms with Gasteiger partial charge in [-0.15, -0.1) is 0 Å². The fourth-order valence-corrected chi connectivity index (χ4v) is 4.40. The summed E-state index contributed by atoms with van der Waals surface area (Å²) in [5.74, 6) is 1.53. The summed E-state index contributed by atoms with van der Waals surface area (Å²) in [7, 11) is 0. The molecule has 5 rings (SSSR count). The number of nitrogens with one attached hydrogen (secondary N) is 1. The molecule has 0 saturated carbocycles. The Balaban J connectivity index is 1.40. The molecule has 8 heteroatoms. The van der Waals surface area contributed by atoms with Crippen LogP contribution in [0, 0.1) is 12.7 Å². The van der Waals surface area contributed by atoms with Crippen LogP contribution in [0.25, 0.3) is 22.3 Å². The average molecular weight is 411 g/mol. The Hall–Kier alpha value is -2.58. The predicted molar refractivity (Wildman–Crippen MR) is 112 cm³/mol. The third-order valence-corrected chi connectivity index (χ3v) is 6.02. The van der Waals surface area contributed by atoms with Crippen LogP contribution in [0.15, 0.2) is 28.8 Å². The summed E-state index contributed by atoms with van der Waals surface area (Å²) in [4.78, 5) is 11.5. The van der Waals surface area contributed by atoms with Gasteiger partial charge in [0.25, 0.3) is 0 Å². The van der Waals surface area contributed by atoms with Crippen LogP contribution in [0.1, 0.15) is 31.6 Å².